The van der Waals surface area contributed by atoms with Crippen molar-refractivity contribution in [2.24, 2.45) is 0 Å². The highest BCUT2D eigenvalue weighted by molar-refractivity contribution is 6.09. The number of benzene rings is 2. The molecule has 246 valence electrons. The predicted molar refractivity (Wildman–Crippen MR) is 170 cm³/mol. The molecular weight excluding hydrogens is 610 g/mol. The topological polar surface area (TPSA) is 123 Å². The van der Waals surface area contributed by atoms with Crippen molar-refractivity contribution in [2.75, 3.05) is 13.1 Å². The smallest absolute Gasteiger partial charge is 0.408 e. The molecule has 0 saturated carbocycles. The summed E-state index contributed by atoms with van der Waals surface area (Å²) in [5.41, 5.74) is 0.327. The number of aromatic nitrogens is 2. The lowest BCUT2D eigenvalue weighted by atomic mass is 9.86. The molecule has 3 aliphatic rings. The van der Waals surface area contributed by atoms with Gasteiger partial charge in [0.25, 0.3) is 11.5 Å². The Morgan fingerprint density at radius 2 is 1.94 bits per heavy atom. The number of halogens is 2. The van der Waals surface area contributed by atoms with E-state index in [1.807, 2.05) is 36.4 Å². The first kappa shape index (κ1) is 31.2. The summed E-state index contributed by atoms with van der Waals surface area (Å²) >= 11 is 0. The van der Waals surface area contributed by atoms with Crippen LogP contribution in [0.4, 0.5) is 13.6 Å². The fourth-order valence-electron chi connectivity index (χ4n) is 7.12. The molecule has 0 aliphatic carbocycles. The van der Waals surface area contributed by atoms with Crippen molar-refractivity contribution in [1.82, 2.24) is 19.8 Å². The Labute approximate surface area is 269 Å². The van der Waals surface area contributed by atoms with Gasteiger partial charge in [-0.3, -0.25) is 9.69 Å². The van der Waals surface area contributed by atoms with Crippen LogP contribution in [0.2, 0.25) is 0 Å². The van der Waals surface area contributed by atoms with Crippen molar-refractivity contribution in [2.45, 2.75) is 83.4 Å². The average molecular weight is 647 g/mol. The van der Waals surface area contributed by atoms with E-state index >= 15 is 8.78 Å². The highest BCUT2D eigenvalue weighted by Gasteiger charge is 2.47. The third-order valence-corrected chi connectivity index (χ3v) is 9.44. The van der Waals surface area contributed by atoms with Crippen molar-refractivity contribution < 1.29 is 33.0 Å². The van der Waals surface area contributed by atoms with Crippen LogP contribution in [0.1, 0.15) is 62.8 Å². The number of nitrogens with one attached hydrogen (secondary N) is 1. The van der Waals surface area contributed by atoms with Gasteiger partial charge in [-0.2, -0.15) is 0 Å². The fourth-order valence-corrected chi connectivity index (χ4v) is 7.12. The van der Waals surface area contributed by atoms with Crippen molar-refractivity contribution in [3.8, 4) is 11.4 Å². The normalized spacial score (nSPS) is 22.0. The Bertz CT molecular complexity index is 2040. The number of fused-ring (bicyclic) bond motifs is 7. The van der Waals surface area contributed by atoms with E-state index in [4.69, 9.17) is 14.5 Å². The van der Waals surface area contributed by atoms with E-state index in [0.717, 1.165) is 27.3 Å². The molecule has 0 bridgehead atoms. The Hall–Kier alpha value is -4.42. The molecule has 2 atom stereocenters. The first-order chi connectivity index (χ1) is 22.2. The number of amides is 1. The number of cyclic esters (lactones) is 1. The second-order valence-electron chi connectivity index (χ2n) is 13.7. The summed E-state index contributed by atoms with van der Waals surface area (Å²) in [5.74, 6) is -4.04. The molecule has 0 spiro atoms. The molecule has 2 aromatic heterocycles. The Morgan fingerprint density at radius 3 is 2.66 bits per heavy atom. The minimum atomic E-state index is -3.24. The molecule has 1 amide bonds. The van der Waals surface area contributed by atoms with Gasteiger partial charge in [-0.15, -0.1) is 0 Å². The van der Waals surface area contributed by atoms with Crippen molar-refractivity contribution in [3.05, 3.63) is 75.1 Å². The number of aliphatic hydroxyl groups is 1. The molecule has 7 rings (SSSR count). The molecule has 3 aliphatic heterocycles. The molecule has 47 heavy (non-hydrogen) atoms. The van der Waals surface area contributed by atoms with Crippen LogP contribution in [-0.4, -0.2) is 62.3 Å². The molecule has 1 unspecified atom stereocenters. The van der Waals surface area contributed by atoms with Gasteiger partial charge < -0.3 is 24.5 Å². The summed E-state index contributed by atoms with van der Waals surface area (Å²) in [6.07, 6.45) is -0.856. The Balaban J connectivity index is 1.32. The van der Waals surface area contributed by atoms with Crippen molar-refractivity contribution >= 4 is 33.7 Å². The number of nitrogens with zero attached hydrogens (tertiary/aromatic N) is 3. The maximum Gasteiger partial charge on any atom is 0.408 e. The number of hydrogen-bond donors (Lipinski definition) is 2. The average Bonchev–Trinajstić information content (AvgIpc) is 3.38. The molecular formula is C35H36F2N4O6. The van der Waals surface area contributed by atoms with Gasteiger partial charge in [0, 0.05) is 29.6 Å². The molecule has 2 N–H and O–H groups in total. The highest BCUT2D eigenvalue weighted by atomic mass is 19.3. The second kappa shape index (κ2) is 10.8. The number of hydrogen-bond acceptors (Lipinski definition) is 8. The lowest BCUT2D eigenvalue weighted by Gasteiger charge is -2.39. The zero-order valence-electron chi connectivity index (χ0n) is 26.7. The summed E-state index contributed by atoms with van der Waals surface area (Å²) < 4.78 is 43.2. The number of carbonyl (C=O) groups excluding carboxylic acids is 2. The van der Waals surface area contributed by atoms with E-state index in [2.05, 4.69) is 5.32 Å². The number of esters is 1. The SMILES string of the molecule is CC[C@@]1(O)C(=O)OCc2c1cc1n(c2=O)Cc2c-1nc1ccc3ccccc3c1c2CN1CCC(NC(=O)OC(C)(C)C)C(F)(F)C1. The lowest BCUT2D eigenvalue weighted by molar-refractivity contribution is -0.172. The number of piperidine rings is 1. The minimum Gasteiger partial charge on any atom is -0.458 e. The second-order valence-corrected chi connectivity index (χ2v) is 13.7. The zero-order valence-corrected chi connectivity index (χ0v) is 26.7. The minimum absolute atomic E-state index is 0.00816. The van der Waals surface area contributed by atoms with Crippen LogP contribution in [0.15, 0.2) is 47.3 Å². The van der Waals surface area contributed by atoms with Crippen LogP contribution in [0, 0.1) is 0 Å². The highest BCUT2D eigenvalue weighted by Crippen LogP contribution is 2.42. The summed E-state index contributed by atoms with van der Waals surface area (Å²) in [6, 6.07) is 11.9. The van der Waals surface area contributed by atoms with Gasteiger partial charge in [0.15, 0.2) is 5.60 Å². The monoisotopic (exact) mass is 646 g/mol. The van der Waals surface area contributed by atoms with Crippen LogP contribution >= 0.6 is 0 Å². The Morgan fingerprint density at radius 1 is 1.17 bits per heavy atom. The standard InChI is InChI=1S/C35H36F2N4O6/c1-5-34(45)24-14-26-29-22(16-41(26)30(42)23(24)17-46-31(34)43)21(28-20-9-7-6-8-19(20)10-11-25(28)38-29)15-40-13-12-27(35(36,37)18-40)39-32(44)47-33(2,3)4/h6-11,14,27,45H,5,12-13,15-18H2,1-4H3,(H,39,44)/t27?,34-/m0/s1. The van der Waals surface area contributed by atoms with Gasteiger partial charge in [-0.25, -0.2) is 23.4 Å². The number of alkyl carbamates (subject to hydrolysis) is 1. The lowest BCUT2D eigenvalue weighted by Crippen LogP contribution is -2.58. The van der Waals surface area contributed by atoms with Crippen LogP contribution in [-0.2, 0) is 39.6 Å². The van der Waals surface area contributed by atoms with E-state index < -0.39 is 47.3 Å². The molecule has 1 saturated heterocycles. The van der Waals surface area contributed by atoms with Gasteiger partial charge in [-0.1, -0.05) is 37.3 Å². The van der Waals surface area contributed by atoms with Crippen LogP contribution in [0.5, 0.6) is 0 Å². The molecule has 12 heteroatoms. The van der Waals surface area contributed by atoms with Gasteiger partial charge in [0.1, 0.15) is 12.2 Å². The van der Waals surface area contributed by atoms with Gasteiger partial charge in [0.2, 0.25) is 0 Å². The quantitative estimate of drug-likeness (QED) is 0.208. The number of ether oxygens (including phenoxy) is 2. The third kappa shape index (κ3) is 5.14. The maximum atomic E-state index is 15.6. The van der Waals surface area contributed by atoms with Crippen molar-refractivity contribution in [3.63, 3.8) is 0 Å². The summed E-state index contributed by atoms with van der Waals surface area (Å²) in [6.45, 7) is 6.39. The summed E-state index contributed by atoms with van der Waals surface area (Å²) in [7, 11) is 0. The summed E-state index contributed by atoms with van der Waals surface area (Å²) in [5, 5.41) is 16.3. The number of likely N-dealkylation sites (tertiary alicyclic amines) is 1. The van der Waals surface area contributed by atoms with Crippen molar-refractivity contribution in [1.29, 1.82) is 0 Å². The molecule has 2 aromatic carbocycles. The van der Waals surface area contributed by atoms with E-state index in [-0.39, 0.29) is 50.2 Å². The number of carbonyl (C=O) groups is 2. The Kier molecular flexibility index (Phi) is 7.18. The molecule has 0 radical (unpaired) electrons. The molecule has 10 nitrogen and oxygen atoms in total. The predicted octanol–water partition coefficient (Wildman–Crippen LogP) is 4.97. The largest absolute Gasteiger partial charge is 0.458 e. The number of alkyl halides is 2. The third-order valence-electron chi connectivity index (χ3n) is 9.44. The van der Waals surface area contributed by atoms with Crippen LogP contribution < -0.4 is 10.9 Å². The fraction of sp³-hybridized carbons (Fsp3) is 0.429. The van der Waals surface area contributed by atoms with Gasteiger partial charge in [-0.05, 0) is 62.1 Å². The van der Waals surface area contributed by atoms with Gasteiger partial charge >= 0.3 is 12.1 Å². The van der Waals surface area contributed by atoms with Crippen LogP contribution in [0.25, 0.3) is 33.1 Å². The molecule has 4 aromatic rings. The van der Waals surface area contributed by atoms with Crippen LogP contribution in [0.3, 0.4) is 0 Å². The van der Waals surface area contributed by atoms with E-state index in [0.29, 0.717) is 16.9 Å². The van der Waals surface area contributed by atoms with E-state index in [9.17, 15) is 19.5 Å². The summed E-state index contributed by atoms with van der Waals surface area (Å²) in [4.78, 5) is 45.5. The zero-order chi connectivity index (χ0) is 33.5. The first-order valence-corrected chi connectivity index (χ1v) is 15.8. The first-order valence-electron chi connectivity index (χ1n) is 15.8. The molecule has 1 fully saturated rings. The van der Waals surface area contributed by atoms with Gasteiger partial charge in [0.05, 0.1) is 41.6 Å². The number of pyridine rings is 2. The number of rotatable bonds is 4. The molecule has 5 heterocycles. The van der Waals surface area contributed by atoms with E-state index in [1.54, 1.807) is 43.2 Å². The van der Waals surface area contributed by atoms with E-state index in [1.165, 1.54) is 0 Å². The maximum absolute atomic E-state index is 15.6.